The van der Waals surface area contributed by atoms with E-state index in [1.54, 1.807) is 0 Å². The molecule has 1 aromatic carbocycles. The van der Waals surface area contributed by atoms with E-state index in [9.17, 15) is 5.11 Å². The maximum absolute atomic E-state index is 9.61. The van der Waals surface area contributed by atoms with Gasteiger partial charge in [0.25, 0.3) is 0 Å². The van der Waals surface area contributed by atoms with Gasteiger partial charge in [-0.25, -0.2) is 0 Å². The zero-order valence-electron chi connectivity index (χ0n) is 11.7. The molecule has 102 valence electrons. The molecule has 2 nitrogen and oxygen atoms in total. The third-order valence-electron chi connectivity index (χ3n) is 4.64. The predicted octanol–water partition coefficient (Wildman–Crippen LogP) is 3.80. The number of hydrogen-bond donors (Lipinski definition) is 1. The van der Waals surface area contributed by atoms with Gasteiger partial charge in [-0.1, -0.05) is 18.7 Å². The van der Waals surface area contributed by atoms with Gasteiger partial charge in [0.2, 0.25) is 0 Å². The van der Waals surface area contributed by atoms with Crippen LogP contribution in [-0.2, 0) is 0 Å². The van der Waals surface area contributed by atoms with Crippen LogP contribution in [0.4, 0.5) is 0 Å². The van der Waals surface area contributed by atoms with Crippen molar-refractivity contribution in [3.05, 3.63) is 41.6 Å². The Kier molecular flexibility index (Phi) is 3.26. The molecule has 1 aliphatic carbocycles. The number of allylic oxidation sites excluding steroid dienone is 1. The van der Waals surface area contributed by atoms with Crippen molar-refractivity contribution in [2.24, 2.45) is 5.92 Å². The van der Waals surface area contributed by atoms with Crippen LogP contribution in [0.3, 0.4) is 0 Å². The highest BCUT2D eigenvalue weighted by Gasteiger charge is 2.30. The molecule has 2 aliphatic rings. The Morgan fingerprint density at radius 3 is 2.47 bits per heavy atom. The average molecular weight is 257 g/mol. The molecular formula is C17H23NO. The number of rotatable bonds is 3. The summed E-state index contributed by atoms with van der Waals surface area (Å²) in [5.41, 5.74) is 3.75. The van der Waals surface area contributed by atoms with Crippen LogP contribution in [0.15, 0.2) is 30.5 Å². The lowest BCUT2D eigenvalue weighted by Gasteiger charge is -2.35. The summed E-state index contributed by atoms with van der Waals surface area (Å²) < 4.78 is 0. The summed E-state index contributed by atoms with van der Waals surface area (Å²) in [6, 6.07) is 6.06. The van der Waals surface area contributed by atoms with Crippen LogP contribution in [0.5, 0.6) is 5.75 Å². The van der Waals surface area contributed by atoms with E-state index in [1.165, 1.54) is 36.9 Å². The van der Waals surface area contributed by atoms with Gasteiger partial charge in [-0.15, -0.1) is 0 Å². The molecule has 1 heterocycles. The fraction of sp³-hybridized carbons (Fsp3) is 0.529. The molecule has 0 unspecified atom stereocenters. The van der Waals surface area contributed by atoms with E-state index in [0.717, 1.165) is 24.6 Å². The number of phenols is 1. The Balaban J connectivity index is 1.62. The van der Waals surface area contributed by atoms with Gasteiger partial charge < -0.3 is 10.0 Å². The summed E-state index contributed by atoms with van der Waals surface area (Å²) >= 11 is 0. The van der Waals surface area contributed by atoms with Gasteiger partial charge in [-0.2, -0.15) is 0 Å². The third kappa shape index (κ3) is 2.63. The van der Waals surface area contributed by atoms with Crippen LogP contribution in [0, 0.1) is 12.8 Å². The first kappa shape index (κ1) is 12.6. The summed E-state index contributed by atoms with van der Waals surface area (Å²) in [5, 5.41) is 9.61. The number of likely N-dealkylation sites (tertiary alicyclic amines) is 1. The van der Waals surface area contributed by atoms with E-state index in [4.69, 9.17) is 0 Å². The molecule has 1 aromatic rings. The van der Waals surface area contributed by atoms with Gasteiger partial charge in [0.1, 0.15) is 5.75 Å². The first-order valence-electron chi connectivity index (χ1n) is 7.38. The number of nitrogens with zero attached hydrogens (tertiary/aromatic N) is 1. The summed E-state index contributed by atoms with van der Waals surface area (Å²) in [6.45, 7) is 8.51. The number of aryl methyl sites for hydroxylation is 1. The molecule has 1 saturated carbocycles. The van der Waals surface area contributed by atoms with Gasteiger partial charge in [0.05, 0.1) is 0 Å². The van der Waals surface area contributed by atoms with Gasteiger partial charge >= 0.3 is 0 Å². The van der Waals surface area contributed by atoms with Crippen LogP contribution in [0.1, 0.15) is 42.7 Å². The lowest BCUT2D eigenvalue weighted by atomic mass is 9.88. The molecule has 1 saturated heterocycles. The van der Waals surface area contributed by atoms with Crippen LogP contribution in [0.25, 0.3) is 0 Å². The van der Waals surface area contributed by atoms with E-state index in [-0.39, 0.29) is 0 Å². The van der Waals surface area contributed by atoms with E-state index in [1.807, 2.05) is 13.0 Å². The number of benzene rings is 1. The van der Waals surface area contributed by atoms with Crippen molar-refractivity contribution in [1.82, 2.24) is 4.90 Å². The van der Waals surface area contributed by atoms with Crippen LogP contribution in [-0.4, -0.2) is 23.1 Å². The molecule has 0 aromatic heterocycles. The zero-order chi connectivity index (χ0) is 13.4. The van der Waals surface area contributed by atoms with E-state index in [0.29, 0.717) is 11.7 Å². The first-order valence-corrected chi connectivity index (χ1v) is 7.38. The highest BCUT2D eigenvalue weighted by molar-refractivity contribution is 5.36. The maximum Gasteiger partial charge on any atom is 0.118 e. The summed E-state index contributed by atoms with van der Waals surface area (Å²) in [4.78, 5) is 2.49. The van der Waals surface area contributed by atoms with E-state index < -0.39 is 0 Å². The van der Waals surface area contributed by atoms with Crippen molar-refractivity contribution in [2.45, 2.75) is 38.5 Å². The molecule has 0 amide bonds. The number of hydrogen-bond acceptors (Lipinski definition) is 2. The van der Waals surface area contributed by atoms with E-state index in [2.05, 4.69) is 23.6 Å². The average Bonchev–Trinajstić information content (AvgIpc) is 3.26. The Bertz CT molecular complexity index is 482. The molecule has 0 spiro atoms. The van der Waals surface area contributed by atoms with Crippen LogP contribution in [0.2, 0.25) is 0 Å². The molecule has 0 radical (unpaired) electrons. The topological polar surface area (TPSA) is 23.5 Å². The van der Waals surface area contributed by atoms with Crippen LogP contribution < -0.4 is 0 Å². The number of aromatic hydroxyl groups is 1. The fourth-order valence-corrected chi connectivity index (χ4v) is 3.11. The predicted molar refractivity (Wildman–Crippen MR) is 78.3 cm³/mol. The van der Waals surface area contributed by atoms with Crippen molar-refractivity contribution < 1.29 is 5.11 Å². The van der Waals surface area contributed by atoms with Crippen molar-refractivity contribution in [3.8, 4) is 5.75 Å². The van der Waals surface area contributed by atoms with Crippen molar-refractivity contribution in [1.29, 1.82) is 0 Å². The van der Waals surface area contributed by atoms with Gasteiger partial charge in [0.15, 0.2) is 0 Å². The fourth-order valence-electron chi connectivity index (χ4n) is 3.11. The van der Waals surface area contributed by atoms with Crippen molar-refractivity contribution in [2.75, 3.05) is 13.1 Å². The minimum atomic E-state index is 0.406. The first-order chi connectivity index (χ1) is 9.15. The minimum absolute atomic E-state index is 0.406. The second-order valence-electron chi connectivity index (χ2n) is 6.07. The Morgan fingerprint density at radius 1 is 1.21 bits per heavy atom. The van der Waals surface area contributed by atoms with Crippen LogP contribution >= 0.6 is 0 Å². The van der Waals surface area contributed by atoms with Crippen molar-refractivity contribution >= 4 is 0 Å². The number of phenolic OH excluding ortho intramolecular Hbond substituents is 1. The Morgan fingerprint density at radius 2 is 1.89 bits per heavy atom. The molecule has 0 bridgehead atoms. The summed E-state index contributed by atoms with van der Waals surface area (Å²) in [6.07, 6.45) is 5.09. The molecule has 1 aliphatic heterocycles. The quantitative estimate of drug-likeness (QED) is 0.890. The second kappa shape index (κ2) is 4.92. The monoisotopic (exact) mass is 257 g/mol. The lowest BCUT2D eigenvalue weighted by Crippen LogP contribution is -2.32. The molecule has 1 N–H and O–H groups in total. The summed E-state index contributed by atoms with van der Waals surface area (Å²) in [5.74, 6) is 1.83. The normalized spacial score (nSPS) is 20.6. The van der Waals surface area contributed by atoms with Gasteiger partial charge in [-0.3, -0.25) is 0 Å². The lowest BCUT2D eigenvalue weighted by molar-refractivity contribution is 0.253. The molecule has 3 rings (SSSR count). The second-order valence-corrected chi connectivity index (χ2v) is 6.07. The minimum Gasteiger partial charge on any atom is -0.508 e. The van der Waals surface area contributed by atoms with E-state index >= 15 is 0 Å². The molecule has 2 heteroatoms. The standard InChI is InChI=1S/C17H23NO/c1-12-11-16(5-6-17(12)19)15-7-9-18(10-8-15)13(2)14-3-4-14/h5-6,11,14-15,19H,2-4,7-10H2,1H3. The Labute approximate surface area is 115 Å². The maximum atomic E-state index is 9.61. The molecule has 19 heavy (non-hydrogen) atoms. The summed E-state index contributed by atoms with van der Waals surface area (Å²) in [7, 11) is 0. The number of piperidine rings is 1. The highest BCUT2D eigenvalue weighted by Crippen LogP contribution is 2.39. The highest BCUT2D eigenvalue weighted by atomic mass is 16.3. The third-order valence-corrected chi connectivity index (χ3v) is 4.64. The molecular weight excluding hydrogens is 234 g/mol. The Hall–Kier alpha value is -1.44. The smallest absolute Gasteiger partial charge is 0.118 e. The van der Waals surface area contributed by atoms with Crippen molar-refractivity contribution in [3.63, 3.8) is 0 Å². The molecule has 2 fully saturated rings. The van der Waals surface area contributed by atoms with Gasteiger partial charge in [-0.05, 0) is 61.6 Å². The molecule has 0 atom stereocenters. The largest absolute Gasteiger partial charge is 0.508 e. The van der Waals surface area contributed by atoms with Gasteiger partial charge in [0, 0.05) is 18.8 Å². The zero-order valence-corrected chi connectivity index (χ0v) is 11.7. The SMILES string of the molecule is C=C(C1CC1)N1CCC(c2ccc(O)c(C)c2)CC1.